The van der Waals surface area contributed by atoms with Gasteiger partial charge in [0.25, 0.3) is 0 Å². The summed E-state index contributed by atoms with van der Waals surface area (Å²) < 4.78 is 1.98. The Morgan fingerprint density at radius 1 is 1.29 bits per heavy atom. The molecule has 0 aliphatic carbocycles. The fourth-order valence-corrected chi connectivity index (χ4v) is 2.14. The van der Waals surface area contributed by atoms with Gasteiger partial charge in [0.1, 0.15) is 0 Å². The van der Waals surface area contributed by atoms with Gasteiger partial charge in [-0.25, -0.2) is 0 Å². The Morgan fingerprint density at radius 3 is 2.94 bits per heavy atom. The summed E-state index contributed by atoms with van der Waals surface area (Å²) >= 11 is 0. The summed E-state index contributed by atoms with van der Waals surface area (Å²) in [4.78, 5) is 3.21. The Hall–Kier alpha value is -2.23. The largest absolute Gasteiger partial charge is 0.398 e. The summed E-state index contributed by atoms with van der Waals surface area (Å²) in [6, 6.07) is 10.1. The maximum absolute atomic E-state index is 5.93. The number of nitrogens with one attached hydrogen (secondary N) is 1. The van der Waals surface area contributed by atoms with E-state index in [0.717, 1.165) is 22.3 Å². The summed E-state index contributed by atoms with van der Waals surface area (Å²) in [5.74, 6) is 0. The molecule has 3 N–H and O–H groups in total. The van der Waals surface area contributed by atoms with Crippen LogP contribution in [0, 0.1) is 0 Å². The molecule has 3 aromatic rings. The van der Waals surface area contributed by atoms with Crippen molar-refractivity contribution >= 4 is 16.6 Å². The van der Waals surface area contributed by atoms with Crippen LogP contribution in [0.15, 0.2) is 42.7 Å². The summed E-state index contributed by atoms with van der Waals surface area (Å²) in [7, 11) is 0. The monoisotopic (exact) mass is 226 g/mol. The fraction of sp³-hybridized carbons (Fsp3) is 0.154. The average Bonchev–Trinajstić information content (AvgIpc) is 2.98. The molecule has 0 saturated carbocycles. The zero-order valence-corrected chi connectivity index (χ0v) is 9.59. The van der Waals surface area contributed by atoms with E-state index in [0.29, 0.717) is 0 Å². The number of rotatable bonds is 2. The minimum Gasteiger partial charge on any atom is -0.398 e. The molecule has 1 unspecified atom stereocenters. The van der Waals surface area contributed by atoms with E-state index in [-0.39, 0.29) is 6.04 Å². The van der Waals surface area contributed by atoms with E-state index >= 15 is 0 Å². The third-order valence-electron chi connectivity index (χ3n) is 3.11. The van der Waals surface area contributed by atoms with Crippen LogP contribution in [0.4, 0.5) is 5.69 Å². The molecule has 86 valence electrons. The van der Waals surface area contributed by atoms with Crippen molar-refractivity contribution < 1.29 is 0 Å². The number of fused-ring (bicyclic) bond motifs is 1. The number of anilines is 1. The van der Waals surface area contributed by atoms with E-state index < -0.39 is 0 Å². The topological polar surface area (TPSA) is 59.6 Å². The Kier molecular flexibility index (Phi) is 2.14. The summed E-state index contributed by atoms with van der Waals surface area (Å²) in [5.41, 5.74) is 8.90. The third-order valence-corrected chi connectivity index (χ3v) is 3.11. The van der Waals surface area contributed by atoms with Crippen molar-refractivity contribution in [1.29, 1.82) is 0 Å². The number of nitrogens with two attached hydrogens (primary N) is 1. The van der Waals surface area contributed by atoms with Crippen LogP contribution in [0.3, 0.4) is 0 Å². The molecule has 0 amide bonds. The molecule has 2 heterocycles. The number of benzene rings is 1. The van der Waals surface area contributed by atoms with Crippen molar-refractivity contribution in [2.45, 2.75) is 13.0 Å². The van der Waals surface area contributed by atoms with Crippen LogP contribution in [0.5, 0.6) is 0 Å². The first-order chi connectivity index (χ1) is 8.27. The molecular formula is C13H14N4. The van der Waals surface area contributed by atoms with E-state index in [1.807, 2.05) is 41.3 Å². The average molecular weight is 226 g/mol. The predicted octanol–water partition coefficient (Wildman–Crippen LogP) is 2.56. The number of hydrogen-bond acceptors (Lipinski definition) is 2. The van der Waals surface area contributed by atoms with Crippen LogP contribution in [0.2, 0.25) is 0 Å². The number of hydrogen-bond donors (Lipinski definition) is 2. The van der Waals surface area contributed by atoms with Gasteiger partial charge in [0.05, 0.1) is 17.8 Å². The Labute approximate surface area is 99.1 Å². The second kappa shape index (κ2) is 3.66. The normalized spacial score (nSPS) is 13.0. The highest BCUT2D eigenvalue weighted by Gasteiger charge is 2.13. The summed E-state index contributed by atoms with van der Waals surface area (Å²) in [5, 5.41) is 5.43. The van der Waals surface area contributed by atoms with Crippen LogP contribution in [0.1, 0.15) is 18.7 Å². The van der Waals surface area contributed by atoms with Crippen LogP contribution in [0.25, 0.3) is 10.9 Å². The lowest BCUT2D eigenvalue weighted by molar-refractivity contribution is 0.572. The summed E-state index contributed by atoms with van der Waals surface area (Å²) in [6.45, 7) is 2.11. The molecule has 2 aromatic heterocycles. The van der Waals surface area contributed by atoms with Gasteiger partial charge >= 0.3 is 0 Å². The molecule has 0 fully saturated rings. The van der Waals surface area contributed by atoms with Crippen molar-refractivity contribution in [3.8, 4) is 0 Å². The molecule has 1 atom stereocenters. The maximum atomic E-state index is 5.93. The van der Waals surface area contributed by atoms with Crippen molar-refractivity contribution in [2.24, 2.45) is 0 Å². The van der Waals surface area contributed by atoms with Crippen molar-refractivity contribution in [3.63, 3.8) is 0 Å². The second-order valence-corrected chi connectivity index (χ2v) is 4.17. The number of nitrogen functional groups attached to an aromatic ring is 1. The molecule has 4 heteroatoms. The third kappa shape index (κ3) is 1.49. The zero-order valence-electron chi connectivity index (χ0n) is 9.59. The molecule has 0 radical (unpaired) electrons. The van der Waals surface area contributed by atoms with Gasteiger partial charge in [-0.15, -0.1) is 0 Å². The highest BCUT2D eigenvalue weighted by Crippen LogP contribution is 2.25. The van der Waals surface area contributed by atoms with Crippen LogP contribution in [-0.2, 0) is 0 Å². The molecule has 17 heavy (non-hydrogen) atoms. The SMILES string of the molecule is CC(c1ccc[nH]1)n1ncc2c(N)cccc21. The molecule has 0 aliphatic rings. The first-order valence-electron chi connectivity index (χ1n) is 5.62. The second-order valence-electron chi connectivity index (χ2n) is 4.17. The van der Waals surface area contributed by atoms with E-state index in [2.05, 4.69) is 23.1 Å². The quantitative estimate of drug-likeness (QED) is 0.660. The Bertz CT molecular complexity index is 637. The Morgan fingerprint density at radius 2 is 2.18 bits per heavy atom. The number of aromatic nitrogens is 3. The van der Waals surface area contributed by atoms with Crippen LogP contribution < -0.4 is 5.73 Å². The van der Waals surface area contributed by atoms with Gasteiger partial charge in [-0.2, -0.15) is 5.10 Å². The number of H-pyrrole nitrogens is 1. The smallest absolute Gasteiger partial charge is 0.0896 e. The van der Waals surface area contributed by atoms with Crippen molar-refractivity contribution in [3.05, 3.63) is 48.4 Å². The zero-order chi connectivity index (χ0) is 11.8. The van der Waals surface area contributed by atoms with Gasteiger partial charge in [-0.3, -0.25) is 4.68 Å². The number of nitrogens with zero attached hydrogens (tertiary/aromatic N) is 2. The Balaban J connectivity index is 2.15. The molecule has 4 nitrogen and oxygen atoms in total. The molecule has 0 spiro atoms. The standard InChI is InChI=1S/C13H14N4/c1-9(12-5-3-7-15-12)17-13-6-2-4-11(14)10(13)8-16-17/h2-9,15H,14H2,1H3. The lowest BCUT2D eigenvalue weighted by Gasteiger charge is -2.12. The van der Waals surface area contributed by atoms with E-state index in [4.69, 9.17) is 5.73 Å². The molecule has 0 saturated heterocycles. The van der Waals surface area contributed by atoms with Gasteiger partial charge in [0, 0.05) is 23.0 Å². The van der Waals surface area contributed by atoms with E-state index in [1.54, 1.807) is 0 Å². The van der Waals surface area contributed by atoms with Gasteiger partial charge in [0.15, 0.2) is 0 Å². The lowest BCUT2D eigenvalue weighted by Crippen LogP contribution is -2.08. The van der Waals surface area contributed by atoms with Gasteiger partial charge in [-0.1, -0.05) is 6.07 Å². The number of aromatic amines is 1. The van der Waals surface area contributed by atoms with Gasteiger partial charge in [-0.05, 0) is 31.2 Å². The fourth-order valence-electron chi connectivity index (χ4n) is 2.14. The summed E-state index contributed by atoms with van der Waals surface area (Å²) in [6.07, 6.45) is 3.75. The van der Waals surface area contributed by atoms with Gasteiger partial charge < -0.3 is 10.7 Å². The van der Waals surface area contributed by atoms with Crippen LogP contribution >= 0.6 is 0 Å². The highest BCUT2D eigenvalue weighted by molar-refractivity contribution is 5.90. The highest BCUT2D eigenvalue weighted by atomic mass is 15.3. The molecule has 1 aromatic carbocycles. The minimum absolute atomic E-state index is 0.171. The lowest BCUT2D eigenvalue weighted by atomic mass is 10.2. The van der Waals surface area contributed by atoms with Crippen molar-refractivity contribution in [2.75, 3.05) is 5.73 Å². The first-order valence-corrected chi connectivity index (χ1v) is 5.62. The minimum atomic E-state index is 0.171. The van der Waals surface area contributed by atoms with Crippen LogP contribution in [-0.4, -0.2) is 14.8 Å². The molecule has 3 rings (SSSR count). The molecule has 0 bridgehead atoms. The molecular weight excluding hydrogens is 212 g/mol. The van der Waals surface area contributed by atoms with E-state index in [9.17, 15) is 0 Å². The van der Waals surface area contributed by atoms with E-state index in [1.165, 1.54) is 0 Å². The predicted molar refractivity (Wildman–Crippen MR) is 68.8 cm³/mol. The van der Waals surface area contributed by atoms with Crippen molar-refractivity contribution in [1.82, 2.24) is 14.8 Å². The first kappa shape index (κ1) is 9.96. The molecule has 0 aliphatic heterocycles. The maximum Gasteiger partial charge on any atom is 0.0896 e. The van der Waals surface area contributed by atoms with Gasteiger partial charge in [0.2, 0.25) is 0 Å².